The number of hydrogen-bond donors (Lipinski definition) is 1. The molecule has 27 heavy (non-hydrogen) atoms. The van der Waals surface area contributed by atoms with E-state index < -0.39 is 6.36 Å². The van der Waals surface area contributed by atoms with Gasteiger partial charge >= 0.3 is 6.36 Å². The molecule has 140 valence electrons. The zero-order valence-corrected chi connectivity index (χ0v) is 15.2. The van der Waals surface area contributed by atoms with E-state index in [2.05, 4.69) is 15.0 Å². The highest BCUT2D eigenvalue weighted by atomic mass is 35.5. The number of aryl methyl sites for hydroxylation is 1. The fourth-order valence-corrected chi connectivity index (χ4v) is 3.89. The number of pyridine rings is 1. The van der Waals surface area contributed by atoms with Gasteiger partial charge in [-0.25, -0.2) is 4.98 Å². The zero-order chi connectivity index (χ0) is 19.2. The Morgan fingerprint density at radius 2 is 1.93 bits per heavy atom. The molecule has 3 nitrogen and oxygen atoms in total. The lowest BCUT2D eigenvalue weighted by atomic mass is 9.93. The van der Waals surface area contributed by atoms with Crippen LogP contribution in [0.3, 0.4) is 0 Å². The minimum Gasteiger partial charge on any atom is -0.403 e. The molecule has 0 bridgehead atoms. The van der Waals surface area contributed by atoms with Crippen molar-refractivity contribution in [3.63, 3.8) is 0 Å². The molecule has 0 saturated carbocycles. The van der Waals surface area contributed by atoms with E-state index in [1.165, 1.54) is 6.07 Å². The van der Waals surface area contributed by atoms with E-state index in [-0.39, 0.29) is 16.4 Å². The maximum absolute atomic E-state index is 12.9. The number of nitrogens with zero attached hydrogens (tertiary/aromatic N) is 1. The fourth-order valence-electron chi connectivity index (χ4n) is 3.61. The van der Waals surface area contributed by atoms with Gasteiger partial charge < -0.3 is 10.1 Å². The average Bonchev–Trinajstić information content (AvgIpc) is 3.12. The number of anilines is 1. The van der Waals surface area contributed by atoms with Crippen molar-refractivity contribution in [2.45, 2.75) is 26.1 Å². The smallest absolute Gasteiger partial charge is 0.403 e. The lowest BCUT2D eigenvalue weighted by Gasteiger charge is -2.18. The molecular formula is C20H16ClF3N2O. The van der Waals surface area contributed by atoms with Gasteiger partial charge in [0.1, 0.15) is 10.7 Å². The molecular weight excluding hydrogens is 377 g/mol. The van der Waals surface area contributed by atoms with E-state index in [1.807, 2.05) is 31.2 Å². The van der Waals surface area contributed by atoms with Crippen LogP contribution >= 0.6 is 11.6 Å². The van der Waals surface area contributed by atoms with Gasteiger partial charge in [-0.2, -0.15) is 0 Å². The number of aromatic nitrogens is 1. The second-order valence-corrected chi connectivity index (χ2v) is 6.68. The standard InChI is InChI=1S/C20H16ClF3N2O/c1-2-11-5-3-4-6-12(11)13-7-8-15(27-20(22,23)24)18-16(13)17-14(9-10-25-17)19(21)26-18/h3-8,25H,2,9-10H2,1H3. The quantitative estimate of drug-likeness (QED) is 0.556. The number of halogens is 4. The van der Waals surface area contributed by atoms with E-state index in [0.717, 1.165) is 34.4 Å². The van der Waals surface area contributed by atoms with E-state index >= 15 is 0 Å². The molecule has 1 aliphatic rings. The maximum atomic E-state index is 12.9. The molecule has 1 N–H and O–H groups in total. The lowest BCUT2D eigenvalue weighted by molar-refractivity contribution is -0.274. The second kappa shape index (κ2) is 6.60. The van der Waals surface area contributed by atoms with Crippen molar-refractivity contribution < 1.29 is 17.9 Å². The van der Waals surface area contributed by atoms with Gasteiger partial charge in [0.2, 0.25) is 0 Å². The molecule has 0 atom stereocenters. The molecule has 0 radical (unpaired) electrons. The van der Waals surface area contributed by atoms with Gasteiger partial charge in [-0.15, -0.1) is 13.2 Å². The van der Waals surface area contributed by atoms with E-state index in [1.54, 1.807) is 6.07 Å². The SMILES string of the molecule is CCc1ccccc1-c1ccc(OC(F)(F)F)c2nc(Cl)c3c(c12)NCC3. The third-order valence-electron chi connectivity index (χ3n) is 4.74. The molecule has 0 spiro atoms. The monoisotopic (exact) mass is 392 g/mol. The summed E-state index contributed by atoms with van der Waals surface area (Å²) in [5.41, 5.74) is 4.54. The van der Waals surface area contributed by atoms with E-state index in [9.17, 15) is 13.2 Å². The highest BCUT2D eigenvalue weighted by Crippen LogP contribution is 2.44. The Labute approximate surface area is 159 Å². The van der Waals surface area contributed by atoms with Gasteiger partial charge in [0.05, 0.1) is 5.69 Å². The molecule has 3 aromatic rings. The Morgan fingerprint density at radius 1 is 1.15 bits per heavy atom. The molecule has 0 saturated heterocycles. The van der Waals surface area contributed by atoms with Gasteiger partial charge in [-0.05, 0) is 41.7 Å². The summed E-state index contributed by atoms with van der Waals surface area (Å²) < 4.78 is 42.9. The Hall–Kier alpha value is -2.47. The van der Waals surface area contributed by atoms with Gasteiger partial charge in [0, 0.05) is 17.5 Å². The number of alkyl halides is 3. The molecule has 1 aromatic heterocycles. The molecule has 7 heteroatoms. The van der Waals surface area contributed by atoms with Crippen molar-refractivity contribution >= 4 is 28.2 Å². The number of fused-ring (bicyclic) bond motifs is 3. The van der Waals surface area contributed by atoms with E-state index in [4.69, 9.17) is 11.6 Å². The molecule has 0 aliphatic carbocycles. The summed E-state index contributed by atoms with van der Waals surface area (Å²) >= 11 is 6.26. The maximum Gasteiger partial charge on any atom is 0.573 e. The van der Waals surface area contributed by atoms with Crippen LogP contribution in [0.4, 0.5) is 18.9 Å². The first-order valence-electron chi connectivity index (χ1n) is 8.62. The van der Waals surface area contributed by atoms with Crippen LogP contribution in [0.5, 0.6) is 5.75 Å². The summed E-state index contributed by atoms with van der Waals surface area (Å²) in [5, 5.41) is 4.07. The third kappa shape index (κ3) is 3.18. The number of rotatable bonds is 3. The van der Waals surface area contributed by atoms with Gasteiger partial charge in [-0.3, -0.25) is 0 Å². The van der Waals surface area contributed by atoms with Crippen LogP contribution in [-0.4, -0.2) is 17.9 Å². The van der Waals surface area contributed by atoms with Crippen molar-refractivity contribution in [3.8, 4) is 16.9 Å². The minimum absolute atomic E-state index is 0.105. The Bertz CT molecular complexity index is 1030. The summed E-state index contributed by atoms with van der Waals surface area (Å²) in [6, 6.07) is 10.8. The highest BCUT2D eigenvalue weighted by Gasteiger charge is 2.33. The fraction of sp³-hybridized carbons (Fsp3) is 0.250. The summed E-state index contributed by atoms with van der Waals surface area (Å²) in [6.07, 6.45) is -3.33. The number of hydrogen-bond acceptors (Lipinski definition) is 3. The molecule has 1 aliphatic heterocycles. The number of benzene rings is 2. The number of nitrogens with one attached hydrogen (secondary N) is 1. The van der Waals surface area contributed by atoms with Crippen LogP contribution in [0.15, 0.2) is 36.4 Å². The van der Waals surface area contributed by atoms with E-state index in [0.29, 0.717) is 18.4 Å². The summed E-state index contributed by atoms with van der Waals surface area (Å²) in [4.78, 5) is 4.27. The molecule has 2 aromatic carbocycles. The van der Waals surface area contributed by atoms with Crippen LogP contribution in [0.2, 0.25) is 5.15 Å². The van der Waals surface area contributed by atoms with Crippen LogP contribution in [0, 0.1) is 0 Å². The van der Waals surface area contributed by atoms with Gasteiger partial charge in [-0.1, -0.05) is 42.8 Å². The van der Waals surface area contributed by atoms with Gasteiger partial charge in [0.15, 0.2) is 5.75 Å². The van der Waals surface area contributed by atoms with Crippen LogP contribution in [-0.2, 0) is 12.8 Å². The highest BCUT2D eigenvalue weighted by molar-refractivity contribution is 6.32. The lowest BCUT2D eigenvalue weighted by Crippen LogP contribution is -2.17. The topological polar surface area (TPSA) is 34.1 Å². The van der Waals surface area contributed by atoms with Crippen molar-refractivity contribution in [2.24, 2.45) is 0 Å². The molecule has 4 rings (SSSR count). The summed E-state index contributed by atoms with van der Waals surface area (Å²) in [5.74, 6) is -0.353. The Balaban J connectivity index is 2.07. The van der Waals surface area contributed by atoms with Crippen molar-refractivity contribution in [1.82, 2.24) is 4.98 Å². The average molecular weight is 393 g/mol. The van der Waals surface area contributed by atoms with Crippen molar-refractivity contribution in [2.75, 3.05) is 11.9 Å². The summed E-state index contributed by atoms with van der Waals surface area (Å²) in [6.45, 7) is 2.70. The van der Waals surface area contributed by atoms with Crippen molar-refractivity contribution in [1.29, 1.82) is 0 Å². The first-order chi connectivity index (χ1) is 12.9. The second-order valence-electron chi connectivity index (χ2n) is 6.33. The molecule has 0 amide bonds. The predicted molar refractivity (Wildman–Crippen MR) is 100 cm³/mol. The Morgan fingerprint density at radius 3 is 2.67 bits per heavy atom. The largest absolute Gasteiger partial charge is 0.573 e. The van der Waals surface area contributed by atoms with Crippen LogP contribution in [0.25, 0.3) is 22.0 Å². The third-order valence-corrected chi connectivity index (χ3v) is 5.06. The molecule has 2 heterocycles. The summed E-state index contributed by atoms with van der Waals surface area (Å²) in [7, 11) is 0. The normalized spacial score (nSPS) is 13.5. The van der Waals surface area contributed by atoms with Crippen LogP contribution < -0.4 is 10.1 Å². The predicted octanol–water partition coefficient (Wildman–Crippen LogP) is 5.98. The first kappa shape index (κ1) is 17.9. The first-order valence-corrected chi connectivity index (χ1v) is 9.00. The zero-order valence-electron chi connectivity index (χ0n) is 14.5. The van der Waals surface area contributed by atoms with Crippen molar-refractivity contribution in [3.05, 3.63) is 52.7 Å². The molecule has 0 fully saturated rings. The minimum atomic E-state index is -4.81. The Kier molecular flexibility index (Phi) is 4.38. The van der Waals surface area contributed by atoms with Gasteiger partial charge in [0.25, 0.3) is 0 Å². The number of ether oxygens (including phenoxy) is 1. The molecule has 0 unspecified atom stereocenters. The van der Waals surface area contributed by atoms with Crippen LogP contribution in [0.1, 0.15) is 18.1 Å².